The number of guanidine groups is 1. The number of benzene rings is 1. The summed E-state index contributed by atoms with van der Waals surface area (Å²) >= 11 is 1.80. The maximum atomic E-state index is 13.4. The number of nitrogens with one attached hydrogen (secondary N) is 1. The maximum absolute atomic E-state index is 13.4. The second-order valence-electron chi connectivity index (χ2n) is 6.23. The van der Waals surface area contributed by atoms with Crippen LogP contribution in [0.5, 0.6) is 5.75 Å². The van der Waals surface area contributed by atoms with Crippen molar-refractivity contribution in [2.45, 2.75) is 38.8 Å². The lowest BCUT2D eigenvalue weighted by molar-refractivity contribution is 0.431. The van der Waals surface area contributed by atoms with Crippen LogP contribution in [-0.4, -0.2) is 35.0 Å². The van der Waals surface area contributed by atoms with Gasteiger partial charge in [-0.3, -0.25) is 4.99 Å². The molecule has 0 fully saturated rings. The number of fused-ring (bicyclic) bond motifs is 1. The van der Waals surface area contributed by atoms with Gasteiger partial charge in [0.1, 0.15) is 5.01 Å². The molecule has 1 aliphatic carbocycles. The van der Waals surface area contributed by atoms with Crippen LogP contribution in [0.3, 0.4) is 0 Å². The highest BCUT2D eigenvalue weighted by molar-refractivity contribution is 14.0. The van der Waals surface area contributed by atoms with Crippen LogP contribution >= 0.6 is 35.3 Å². The van der Waals surface area contributed by atoms with Crippen LogP contribution in [0.1, 0.15) is 34.0 Å². The molecule has 142 valence electrons. The van der Waals surface area contributed by atoms with Crippen molar-refractivity contribution in [1.29, 1.82) is 0 Å². The Balaban J connectivity index is 0.00000243. The van der Waals surface area contributed by atoms with Crippen LogP contribution in [-0.2, 0) is 25.9 Å². The molecular formula is C18H24FIN4OS. The maximum Gasteiger partial charge on any atom is 0.194 e. The van der Waals surface area contributed by atoms with Gasteiger partial charge in [-0.2, -0.15) is 0 Å². The van der Waals surface area contributed by atoms with Crippen molar-refractivity contribution in [2.24, 2.45) is 4.99 Å². The second kappa shape index (κ2) is 9.50. The van der Waals surface area contributed by atoms with E-state index in [1.54, 1.807) is 24.5 Å². The van der Waals surface area contributed by atoms with Crippen molar-refractivity contribution in [3.05, 3.63) is 45.2 Å². The molecule has 2 N–H and O–H groups in total. The molecule has 1 aromatic heterocycles. The van der Waals surface area contributed by atoms with Crippen molar-refractivity contribution in [3.63, 3.8) is 0 Å². The quantitative estimate of drug-likeness (QED) is 0.390. The van der Waals surface area contributed by atoms with Gasteiger partial charge in [-0.05, 0) is 43.4 Å². The summed E-state index contributed by atoms with van der Waals surface area (Å²) in [6.45, 7) is 1.13. The summed E-state index contributed by atoms with van der Waals surface area (Å²) in [6, 6.07) is 4.37. The number of aryl methyl sites for hydroxylation is 2. The third kappa shape index (κ3) is 5.06. The van der Waals surface area contributed by atoms with Gasteiger partial charge in [0.25, 0.3) is 0 Å². The fourth-order valence-corrected chi connectivity index (χ4v) is 4.19. The topological polar surface area (TPSA) is 60.8 Å². The zero-order chi connectivity index (χ0) is 17.8. The molecule has 0 bridgehead atoms. The predicted molar refractivity (Wildman–Crippen MR) is 114 cm³/mol. The smallest absolute Gasteiger partial charge is 0.194 e. The average Bonchev–Trinajstić information content (AvgIpc) is 3.00. The summed E-state index contributed by atoms with van der Waals surface area (Å²) in [6.07, 6.45) is 4.74. The molecule has 0 saturated heterocycles. The van der Waals surface area contributed by atoms with Gasteiger partial charge in [0.15, 0.2) is 17.5 Å². The Morgan fingerprint density at radius 3 is 2.85 bits per heavy atom. The minimum atomic E-state index is -0.615. The van der Waals surface area contributed by atoms with Gasteiger partial charge in [0.2, 0.25) is 0 Å². The Morgan fingerprint density at radius 1 is 1.38 bits per heavy atom. The molecule has 0 atom stereocenters. The molecule has 8 heteroatoms. The van der Waals surface area contributed by atoms with E-state index in [0.717, 1.165) is 29.4 Å². The molecule has 1 heterocycles. The van der Waals surface area contributed by atoms with Crippen molar-refractivity contribution in [3.8, 4) is 5.75 Å². The van der Waals surface area contributed by atoms with Gasteiger partial charge < -0.3 is 15.3 Å². The summed E-state index contributed by atoms with van der Waals surface area (Å²) < 4.78 is 13.4. The first kappa shape index (κ1) is 20.9. The lowest BCUT2D eigenvalue weighted by Crippen LogP contribution is -2.38. The number of phenolic OH excluding ortho intramolecular Hbond substituents is 1. The normalized spacial score (nSPS) is 13.7. The first-order valence-electron chi connectivity index (χ1n) is 8.43. The van der Waals surface area contributed by atoms with Crippen LogP contribution in [0, 0.1) is 5.82 Å². The second-order valence-corrected chi connectivity index (χ2v) is 7.40. The molecule has 0 amide bonds. The Kier molecular flexibility index (Phi) is 7.63. The highest BCUT2D eigenvalue weighted by Crippen LogP contribution is 2.27. The molecule has 5 nitrogen and oxygen atoms in total. The average molecular weight is 490 g/mol. The Bertz CT molecular complexity index is 757. The predicted octanol–water partition coefficient (Wildman–Crippen LogP) is 3.69. The van der Waals surface area contributed by atoms with Gasteiger partial charge >= 0.3 is 0 Å². The molecule has 0 aliphatic heterocycles. The molecule has 2 aromatic rings. The van der Waals surface area contributed by atoms with E-state index in [-0.39, 0.29) is 29.7 Å². The Morgan fingerprint density at radius 2 is 2.15 bits per heavy atom. The lowest BCUT2D eigenvalue weighted by Gasteiger charge is -2.21. The Hall–Kier alpha value is -1.42. The van der Waals surface area contributed by atoms with Crippen LogP contribution in [0.4, 0.5) is 4.39 Å². The first-order chi connectivity index (χ1) is 12.1. The third-order valence-corrected chi connectivity index (χ3v) is 5.44. The minimum Gasteiger partial charge on any atom is -0.505 e. The number of thiazole rings is 1. The number of aromatic nitrogens is 1. The number of rotatable bonds is 4. The minimum absolute atomic E-state index is 0. The molecule has 3 rings (SSSR count). The number of aliphatic imine (C=N–C) groups is 1. The molecule has 1 aliphatic rings. The number of hydrogen-bond donors (Lipinski definition) is 2. The molecule has 0 saturated carbocycles. The van der Waals surface area contributed by atoms with E-state index in [1.165, 1.54) is 35.5 Å². The third-order valence-electron chi connectivity index (χ3n) is 4.30. The molecule has 0 unspecified atom stereocenters. The number of phenols is 1. The van der Waals surface area contributed by atoms with Crippen LogP contribution in [0.25, 0.3) is 0 Å². The molecule has 0 spiro atoms. The number of hydrogen-bond acceptors (Lipinski definition) is 4. The first-order valence-corrected chi connectivity index (χ1v) is 9.25. The van der Waals surface area contributed by atoms with Crippen molar-refractivity contribution in [2.75, 3.05) is 14.1 Å². The highest BCUT2D eigenvalue weighted by atomic mass is 127. The summed E-state index contributed by atoms with van der Waals surface area (Å²) in [5, 5.41) is 13.6. The molecule has 1 aromatic carbocycles. The summed E-state index contributed by atoms with van der Waals surface area (Å²) in [5.74, 6) is -0.226. The van der Waals surface area contributed by atoms with Gasteiger partial charge in [0, 0.05) is 25.5 Å². The SMILES string of the molecule is CN=C(NCc1ccc(O)c(F)c1)N(C)Cc1nc2c(s1)CCCC2.I. The van der Waals surface area contributed by atoms with Gasteiger partial charge in [0.05, 0.1) is 12.2 Å². The zero-order valence-corrected chi connectivity index (χ0v) is 18.1. The van der Waals surface area contributed by atoms with Crippen LogP contribution < -0.4 is 5.32 Å². The molecule has 26 heavy (non-hydrogen) atoms. The molecule has 0 radical (unpaired) electrons. The van der Waals surface area contributed by atoms with E-state index in [4.69, 9.17) is 4.98 Å². The molecular weight excluding hydrogens is 466 g/mol. The standard InChI is InChI=1S/C18H23FN4OS.HI/c1-20-18(21-10-12-7-8-15(24)13(19)9-12)23(2)11-17-22-14-5-3-4-6-16(14)25-17;/h7-9,24H,3-6,10-11H2,1-2H3,(H,20,21);1H. The van der Waals surface area contributed by atoms with Crippen molar-refractivity contribution < 1.29 is 9.50 Å². The summed E-state index contributed by atoms with van der Waals surface area (Å²) in [5.41, 5.74) is 2.01. The lowest BCUT2D eigenvalue weighted by atomic mass is 10.0. The van der Waals surface area contributed by atoms with Gasteiger partial charge in [-0.15, -0.1) is 35.3 Å². The van der Waals surface area contributed by atoms with Gasteiger partial charge in [-0.25, -0.2) is 9.37 Å². The van der Waals surface area contributed by atoms with E-state index < -0.39 is 5.82 Å². The fourth-order valence-electron chi connectivity index (χ4n) is 2.98. The number of nitrogens with zero attached hydrogens (tertiary/aromatic N) is 3. The highest BCUT2D eigenvalue weighted by Gasteiger charge is 2.17. The van der Waals surface area contributed by atoms with Crippen LogP contribution in [0.15, 0.2) is 23.2 Å². The van der Waals surface area contributed by atoms with E-state index in [9.17, 15) is 9.50 Å². The Labute approximate surface area is 174 Å². The van der Waals surface area contributed by atoms with Crippen molar-refractivity contribution >= 4 is 41.3 Å². The van der Waals surface area contributed by atoms with E-state index in [1.807, 2.05) is 11.9 Å². The number of aromatic hydroxyl groups is 1. The van der Waals surface area contributed by atoms with Crippen molar-refractivity contribution in [1.82, 2.24) is 15.2 Å². The largest absolute Gasteiger partial charge is 0.505 e. The van der Waals surface area contributed by atoms with E-state index in [0.29, 0.717) is 13.1 Å². The van der Waals surface area contributed by atoms with Gasteiger partial charge in [-0.1, -0.05) is 6.07 Å². The van der Waals surface area contributed by atoms with E-state index in [2.05, 4.69) is 10.3 Å². The monoisotopic (exact) mass is 490 g/mol. The number of halogens is 2. The zero-order valence-electron chi connectivity index (χ0n) is 15.0. The van der Waals surface area contributed by atoms with E-state index >= 15 is 0 Å². The summed E-state index contributed by atoms with van der Waals surface area (Å²) in [7, 11) is 3.69. The van der Waals surface area contributed by atoms with Crippen LogP contribution in [0.2, 0.25) is 0 Å². The fraction of sp³-hybridized carbons (Fsp3) is 0.444. The summed E-state index contributed by atoms with van der Waals surface area (Å²) in [4.78, 5) is 12.5.